The molecule has 0 saturated heterocycles. The van der Waals surface area contributed by atoms with Gasteiger partial charge in [-0.15, -0.1) is 11.8 Å². The Morgan fingerprint density at radius 2 is 1.58 bits per heavy atom. The molecular weight excluding hydrogens is 187 g/mol. The first kappa shape index (κ1) is 12.1. The van der Waals surface area contributed by atoms with E-state index in [0.717, 1.165) is 11.8 Å². The summed E-state index contributed by atoms with van der Waals surface area (Å²) in [7, 11) is 0. The second kappa shape index (κ2) is 4.37. The van der Waals surface area contributed by atoms with E-state index in [2.05, 4.69) is 0 Å². The zero-order valence-electron chi connectivity index (χ0n) is 7.35. The highest BCUT2D eigenvalue weighted by Crippen LogP contribution is 2.34. The van der Waals surface area contributed by atoms with Gasteiger partial charge in [0.2, 0.25) is 0 Å². The maximum Gasteiger partial charge on any atom is 0.402 e. The standard InChI is InChI=1S/C7H14F3NS/c1-4(2)12-6(5(3)11)7(8,9)10/h4-6H,11H2,1-3H3. The van der Waals surface area contributed by atoms with E-state index in [1.54, 1.807) is 13.8 Å². The van der Waals surface area contributed by atoms with Crippen LogP contribution in [0.25, 0.3) is 0 Å². The number of halogens is 3. The van der Waals surface area contributed by atoms with Gasteiger partial charge in [-0.1, -0.05) is 13.8 Å². The van der Waals surface area contributed by atoms with E-state index < -0.39 is 17.5 Å². The molecular formula is C7H14F3NS. The van der Waals surface area contributed by atoms with Crippen LogP contribution >= 0.6 is 11.8 Å². The summed E-state index contributed by atoms with van der Waals surface area (Å²) < 4.78 is 36.7. The van der Waals surface area contributed by atoms with Gasteiger partial charge in [-0.3, -0.25) is 0 Å². The fourth-order valence-corrected chi connectivity index (χ4v) is 1.78. The number of rotatable bonds is 3. The molecule has 0 rings (SSSR count). The molecule has 0 aliphatic heterocycles. The summed E-state index contributed by atoms with van der Waals surface area (Å²) in [5.74, 6) is 0. The minimum absolute atomic E-state index is 0.0531. The van der Waals surface area contributed by atoms with Crippen molar-refractivity contribution in [2.45, 2.75) is 43.5 Å². The van der Waals surface area contributed by atoms with E-state index in [9.17, 15) is 13.2 Å². The van der Waals surface area contributed by atoms with Crippen LogP contribution in [0.3, 0.4) is 0 Å². The van der Waals surface area contributed by atoms with Crippen molar-refractivity contribution < 1.29 is 13.2 Å². The lowest BCUT2D eigenvalue weighted by molar-refractivity contribution is -0.131. The Bertz CT molecular complexity index is 133. The first-order chi connectivity index (χ1) is 5.25. The van der Waals surface area contributed by atoms with Crippen molar-refractivity contribution in [2.75, 3.05) is 0 Å². The van der Waals surface area contributed by atoms with Crippen molar-refractivity contribution in [3.63, 3.8) is 0 Å². The smallest absolute Gasteiger partial charge is 0.327 e. The van der Waals surface area contributed by atoms with Gasteiger partial charge < -0.3 is 5.73 Å². The first-order valence-electron chi connectivity index (χ1n) is 3.73. The Morgan fingerprint density at radius 3 is 1.67 bits per heavy atom. The zero-order valence-corrected chi connectivity index (χ0v) is 8.17. The highest BCUT2D eigenvalue weighted by molar-refractivity contribution is 8.00. The van der Waals surface area contributed by atoms with E-state index in [-0.39, 0.29) is 5.25 Å². The van der Waals surface area contributed by atoms with Crippen LogP contribution in [0, 0.1) is 0 Å². The minimum Gasteiger partial charge on any atom is -0.327 e. The van der Waals surface area contributed by atoms with Gasteiger partial charge in [-0.25, -0.2) is 0 Å². The largest absolute Gasteiger partial charge is 0.402 e. The molecule has 0 bridgehead atoms. The van der Waals surface area contributed by atoms with Crippen LogP contribution in [0.1, 0.15) is 20.8 Å². The second-order valence-electron chi connectivity index (χ2n) is 3.01. The van der Waals surface area contributed by atoms with E-state index in [1.807, 2.05) is 0 Å². The molecule has 0 aliphatic rings. The third kappa shape index (κ3) is 4.21. The molecule has 12 heavy (non-hydrogen) atoms. The summed E-state index contributed by atoms with van der Waals surface area (Å²) in [4.78, 5) is 0. The number of hydrogen-bond acceptors (Lipinski definition) is 2. The van der Waals surface area contributed by atoms with Crippen LogP contribution < -0.4 is 5.73 Å². The molecule has 0 radical (unpaired) electrons. The van der Waals surface area contributed by atoms with Crippen molar-refractivity contribution in [3.8, 4) is 0 Å². The normalized spacial score (nSPS) is 18.0. The van der Waals surface area contributed by atoms with E-state index >= 15 is 0 Å². The van der Waals surface area contributed by atoms with Crippen molar-refractivity contribution >= 4 is 11.8 Å². The highest BCUT2D eigenvalue weighted by atomic mass is 32.2. The summed E-state index contributed by atoms with van der Waals surface area (Å²) in [5, 5.41) is -1.50. The molecule has 0 aliphatic carbocycles. The Morgan fingerprint density at radius 1 is 1.17 bits per heavy atom. The van der Waals surface area contributed by atoms with Crippen molar-refractivity contribution in [2.24, 2.45) is 5.73 Å². The molecule has 0 aromatic heterocycles. The number of alkyl halides is 3. The fraction of sp³-hybridized carbons (Fsp3) is 1.00. The monoisotopic (exact) mass is 201 g/mol. The quantitative estimate of drug-likeness (QED) is 0.758. The third-order valence-electron chi connectivity index (χ3n) is 1.22. The summed E-state index contributed by atoms with van der Waals surface area (Å²) >= 11 is 0.865. The molecule has 0 fully saturated rings. The molecule has 74 valence electrons. The average Bonchev–Trinajstić information content (AvgIpc) is 1.79. The molecule has 0 aromatic carbocycles. The lowest BCUT2D eigenvalue weighted by atomic mass is 10.2. The zero-order chi connectivity index (χ0) is 9.94. The molecule has 0 spiro atoms. The Kier molecular flexibility index (Phi) is 4.40. The van der Waals surface area contributed by atoms with Crippen LogP contribution in [0.5, 0.6) is 0 Å². The number of hydrogen-bond donors (Lipinski definition) is 1. The van der Waals surface area contributed by atoms with E-state index in [1.165, 1.54) is 6.92 Å². The molecule has 1 nitrogen and oxygen atoms in total. The predicted octanol–water partition coefficient (Wildman–Crippen LogP) is 2.41. The Labute approximate surface area is 74.9 Å². The van der Waals surface area contributed by atoms with Crippen LogP contribution in [-0.4, -0.2) is 22.7 Å². The second-order valence-corrected chi connectivity index (χ2v) is 4.73. The molecule has 0 heterocycles. The lowest BCUT2D eigenvalue weighted by Crippen LogP contribution is -2.41. The van der Waals surface area contributed by atoms with E-state index in [4.69, 9.17) is 5.73 Å². The van der Waals surface area contributed by atoms with Crippen molar-refractivity contribution in [3.05, 3.63) is 0 Å². The topological polar surface area (TPSA) is 26.0 Å². The summed E-state index contributed by atoms with van der Waals surface area (Å²) in [6.45, 7) is 4.84. The van der Waals surface area contributed by atoms with Gasteiger partial charge in [-0.05, 0) is 12.2 Å². The molecule has 2 atom stereocenters. The van der Waals surface area contributed by atoms with Gasteiger partial charge in [0.1, 0.15) is 5.25 Å². The number of nitrogens with two attached hydrogens (primary N) is 1. The SMILES string of the molecule is CC(C)SC(C(C)N)C(F)(F)F. The Balaban J connectivity index is 4.25. The van der Waals surface area contributed by atoms with Gasteiger partial charge in [-0.2, -0.15) is 13.2 Å². The van der Waals surface area contributed by atoms with Crippen LogP contribution in [-0.2, 0) is 0 Å². The van der Waals surface area contributed by atoms with Crippen LogP contribution in [0.4, 0.5) is 13.2 Å². The van der Waals surface area contributed by atoms with E-state index in [0.29, 0.717) is 0 Å². The highest BCUT2D eigenvalue weighted by Gasteiger charge is 2.42. The van der Waals surface area contributed by atoms with Crippen LogP contribution in [0.2, 0.25) is 0 Å². The molecule has 0 saturated carbocycles. The van der Waals surface area contributed by atoms with Gasteiger partial charge in [0.15, 0.2) is 0 Å². The molecule has 5 heteroatoms. The average molecular weight is 201 g/mol. The molecule has 2 N–H and O–H groups in total. The lowest BCUT2D eigenvalue weighted by Gasteiger charge is -2.24. The van der Waals surface area contributed by atoms with Gasteiger partial charge in [0, 0.05) is 6.04 Å². The van der Waals surface area contributed by atoms with Gasteiger partial charge in [0.05, 0.1) is 0 Å². The summed E-state index contributed by atoms with van der Waals surface area (Å²) in [5.41, 5.74) is 5.23. The number of thioether (sulfide) groups is 1. The fourth-order valence-electron chi connectivity index (χ4n) is 0.792. The van der Waals surface area contributed by atoms with Gasteiger partial charge in [0.25, 0.3) is 0 Å². The third-order valence-corrected chi connectivity index (χ3v) is 2.75. The molecule has 2 unspecified atom stereocenters. The van der Waals surface area contributed by atoms with Gasteiger partial charge >= 0.3 is 6.18 Å². The van der Waals surface area contributed by atoms with Crippen molar-refractivity contribution in [1.82, 2.24) is 0 Å². The van der Waals surface area contributed by atoms with Crippen LogP contribution in [0.15, 0.2) is 0 Å². The first-order valence-corrected chi connectivity index (χ1v) is 4.67. The summed E-state index contributed by atoms with van der Waals surface area (Å²) in [6, 6.07) is -0.850. The molecule has 0 aromatic rings. The maximum atomic E-state index is 12.2. The Hall–Kier alpha value is 0.100. The minimum atomic E-state index is -4.19. The van der Waals surface area contributed by atoms with Crippen molar-refractivity contribution in [1.29, 1.82) is 0 Å². The predicted molar refractivity (Wildman–Crippen MR) is 46.2 cm³/mol. The molecule has 0 amide bonds. The summed E-state index contributed by atoms with van der Waals surface area (Å²) in [6.07, 6.45) is -4.19. The maximum absolute atomic E-state index is 12.2.